The molecule has 3 aromatic heterocycles. The Hall–Kier alpha value is -2.90. The lowest BCUT2D eigenvalue weighted by Gasteiger charge is -2.29. The molecule has 0 radical (unpaired) electrons. The van der Waals surface area contributed by atoms with Crippen LogP contribution in [0, 0.1) is 0 Å². The van der Waals surface area contributed by atoms with Gasteiger partial charge in [-0.1, -0.05) is 25.3 Å². The van der Waals surface area contributed by atoms with Gasteiger partial charge < -0.3 is 5.32 Å². The Morgan fingerprint density at radius 2 is 2.00 bits per heavy atom. The van der Waals surface area contributed by atoms with E-state index in [2.05, 4.69) is 25.4 Å². The SMILES string of the molecule is CC(F)c1cnc2ccc(C3=CCc4nc(NCC5(F)CCCCC5)ncc43)nn12. The molecule has 1 unspecified atom stereocenters. The molecule has 8 heteroatoms. The first-order valence-electron chi connectivity index (χ1n) is 10.5. The number of halogens is 2. The van der Waals surface area contributed by atoms with Crippen LogP contribution in [0.3, 0.4) is 0 Å². The van der Waals surface area contributed by atoms with Crippen LogP contribution in [-0.2, 0) is 6.42 Å². The summed E-state index contributed by atoms with van der Waals surface area (Å²) >= 11 is 0. The predicted octanol–water partition coefficient (Wildman–Crippen LogP) is 4.62. The number of hydrogen-bond acceptors (Lipinski definition) is 5. The molecule has 2 aliphatic carbocycles. The summed E-state index contributed by atoms with van der Waals surface area (Å²) in [5.74, 6) is 0.456. The lowest BCUT2D eigenvalue weighted by Crippen LogP contribution is -2.34. The second kappa shape index (κ2) is 7.41. The summed E-state index contributed by atoms with van der Waals surface area (Å²) in [7, 11) is 0. The van der Waals surface area contributed by atoms with Gasteiger partial charge >= 0.3 is 0 Å². The number of imidazole rings is 1. The molecule has 2 aliphatic rings. The molecule has 3 heterocycles. The van der Waals surface area contributed by atoms with Crippen LogP contribution in [0.5, 0.6) is 0 Å². The first kappa shape index (κ1) is 19.1. The van der Waals surface area contributed by atoms with Gasteiger partial charge in [-0.15, -0.1) is 0 Å². The third-order valence-electron chi connectivity index (χ3n) is 6.04. The molecule has 6 nitrogen and oxygen atoms in total. The smallest absolute Gasteiger partial charge is 0.223 e. The minimum atomic E-state index is -1.17. The van der Waals surface area contributed by atoms with Gasteiger partial charge in [0.25, 0.3) is 0 Å². The molecular formula is C22H24F2N6. The number of fused-ring (bicyclic) bond motifs is 2. The fourth-order valence-electron chi connectivity index (χ4n) is 4.34. The van der Waals surface area contributed by atoms with E-state index in [4.69, 9.17) is 0 Å². The first-order chi connectivity index (χ1) is 14.5. The number of allylic oxidation sites excluding steroid dienone is 1. The molecule has 3 aromatic rings. The fourth-order valence-corrected chi connectivity index (χ4v) is 4.34. The third kappa shape index (κ3) is 3.44. The number of nitrogens with zero attached hydrogens (tertiary/aromatic N) is 5. The predicted molar refractivity (Wildman–Crippen MR) is 111 cm³/mol. The van der Waals surface area contributed by atoms with Gasteiger partial charge in [0.15, 0.2) is 5.65 Å². The van der Waals surface area contributed by atoms with Gasteiger partial charge in [0.1, 0.15) is 11.8 Å². The highest BCUT2D eigenvalue weighted by Gasteiger charge is 2.31. The van der Waals surface area contributed by atoms with E-state index >= 15 is 0 Å². The number of rotatable bonds is 5. The zero-order valence-corrected chi connectivity index (χ0v) is 16.9. The van der Waals surface area contributed by atoms with Crippen molar-refractivity contribution in [2.24, 2.45) is 0 Å². The monoisotopic (exact) mass is 410 g/mol. The maximum atomic E-state index is 14.8. The van der Waals surface area contributed by atoms with Crippen LogP contribution in [0.2, 0.25) is 0 Å². The number of anilines is 1. The summed E-state index contributed by atoms with van der Waals surface area (Å²) in [5.41, 5.74) is 3.27. The minimum Gasteiger partial charge on any atom is -0.351 e. The molecule has 0 bridgehead atoms. The zero-order valence-electron chi connectivity index (χ0n) is 16.9. The summed E-state index contributed by atoms with van der Waals surface area (Å²) in [6.45, 7) is 1.72. The second-order valence-electron chi connectivity index (χ2n) is 8.23. The molecule has 1 N–H and O–H groups in total. The van der Waals surface area contributed by atoms with Crippen molar-refractivity contribution in [3.8, 4) is 0 Å². The van der Waals surface area contributed by atoms with Crippen LogP contribution >= 0.6 is 0 Å². The summed E-state index contributed by atoms with van der Waals surface area (Å²) < 4.78 is 30.2. The van der Waals surface area contributed by atoms with E-state index in [1.165, 1.54) is 13.1 Å². The normalized spacial score (nSPS) is 18.8. The molecule has 0 aliphatic heterocycles. The summed E-state index contributed by atoms with van der Waals surface area (Å²) in [4.78, 5) is 13.2. The summed E-state index contributed by atoms with van der Waals surface area (Å²) in [5, 5.41) is 7.68. The molecule has 5 rings (SSSR count). The molecular weight excluding hydrogens is 386 g/mol. The quantitative estimate of drug-likeness (QED) is 0.665. The van der Waals surface area contributed by atoms with Crippen LogP contribution in [-0.4, -0.2) is 36.8 Å². The first-order valence-corrected chi connectivity index (χ1v) is 10.5. The van der Waals surface area contributed by atoms with Gasteiger partial charge in [-0.2, -0.15) is 5.10 Å². The topological polar surface area (TPSA) is 68.0 Å². The van der Waals surface area contributed by atoms with E-state index in [0.29, 0.717) is 36.6 Å². The highest BCUT2D eigenvalue weighted by molar-refractivity contribution is 5.82. The van der Waals surface area contributed by atoms with Crippen molar-refractivity contribution in [1.82, 2.24) is 24.6 Å². The molecule has 0 aromatic carbocycles. The third-order valence-corrected chi connectivity index (χ3v) is 6.04. The largest absolute Gasteiger partial charge is 0.351 e. The standard InChI is InChI=1S/C22H24F2N6/c1-14(23)19-12-25-20-8-7-18(29-30(19)20)15-5-6-17-16(15)11-26-21(28-17)27-13-22(24)9-3-2-4-10-22/h5,7-8,11-12,14H,2-4,6,9-10,13H2,1H3,(H,26,27,28). The maximum Gasteiger partial charge on any atom is 0.223 e. The van der Waals surface area contributed by atoms with Crippen LogP contribution in [0.1, 0.15) is 67.8 Å². The van der Waals surface area contributed by atoms with Gasteiger partial charge in [-0.05, 0) is 31.9 Å². The van der Waals surface area contributed by atoms with Crippen LogP contribution in [0.4, 0.5) is 14.7 Å². The molecule has 0 amide bonds. The van der Waals surface area contributed by atoms with Crippen molar-refractivity contribution in [1.29, 1.82) is 0 Å². The van der Waals surface area contributed by atoms with E-state index in [1.807, 2.05) is 18.2 Å². The minimum absolute atomic E-state index is 0.245. The zero-order chi connectivity index (χ0) is 20.7. The Kier molecular flexibility index (Phi) is 4.72. The van der Waals surface area contributed by atoms with Crippen molar-refractivity contribution < 1.29 is 8.78 Å². The molecule has 1 atom stereocenters. The van der Waals surface area contributed by atoms with Crippen LogP contribution < -0.4 is 5.32 Å². The average Bonchev–Trinajstić information content (AvgIpc) is 3.36. The Labute approximate surface area is 173 Å². The van der Waals surface area contributed by atoms with Crippen molar-refractivity contribution in [2.75, 3.05) is 11.9 Å². The van der Waals surface area contributed by atoms with E-state index in [-0.39, 0.29) is 6.54 Å². The van der Waals surface area contributed by atoms with Crippen molar-refractivity contribution in [2.45, 2.75) is 57.3 Å². The molecule has 1 fully saturated rings. The number of alkyl halides is 2. The van der Waals surface area contributed by atoms with E-state index in [9.17, 15) is 8.78 Å². The molecule has 0 saturated heterocycles. The van der Waals surface area contributed by atoms with Crippen LogP contribution in [0.25, 0.3) is 11.2 Å². The summed E-state index contributed by atoms with van der Waals surface area (Å²) in [6, 6.07) is 3.70. The van der Waals surface area contributed by atoms with Crippen molar-refractivity contribution in [3.63, 3.8) is 0 Å². The number of aromatic nitrogens is 5. The number of nitrogens with one attached hydrogen (secondary N) is 1. The van der Waals surface area contributed by atoms with Gasteiger partial charge in [-0.3, -0.25) is 0 Å². The Morgan fingerprint density at radius 1 is 1.17 bits per heavy atom. The fraction of sp³-hybridized carbons (Fsp3) is 0.455. The number of hydrogen-bond donors (Lipinski definition) is 1. The average molecular weight is 410 g/mol. The van der Waals surface area contributed by atoms with E-state index in [0.717, 1.165) is 41.8 Å². The molecule has 30 heavy (non-hydrogen) atoms. The van der Waals surface area contributed by atoms with Gasteiger partial charge in [0, 0.05) is 23.8 Å². The van der Waals surface area contributed by atoms with Gasteiger partial charge in [0.05, 0.1) is 29.8 Å². The summed E-state index contributed by atoms with van der Waals surface area (Å²) in [6.07, 6.45) is 8.99. The highest BCUT2D eigenvalue weighted by Crippen LogP contribution is 2.33. The Bertz CT molecular complexity index is 1110. The van der Waals surface area contributed by atoms with Crippen molar-refractivity contribution in [3.05, 3.63) is 53.2 Å². The Balaban J connectivity index is 1.37. The second-order valence-corrected chi connectivity index (χ2v) is 8.23. The maximum absolute atomic E-state index is 14.8. The lowest BCUT2D eigenvalue weighted by molar-refractivity contribution is 0.122. The lowest BCUT2D eigenvalue weighted by atomic mass is 9.86. The molecule has 156 valence electrons. The van der Waals surface area contributed by atoms with Gasteiger partial charge in [-0.25, -0.2) is 28.2 Å². The Morgan fingerprint density at radius 3 is 2.80 bits per heavy atom. The van der Waals surface area contributed by atoms with Crippen LogP contribution in [0.15, 0.2) is 30.6 Å². The van der Waals surface area contributed by atoms with Gasteiger partial charge in [0.2, 0.25) is 5.95 Å². The molecule has 0 spiro atoms. The van der Waals surface area contributed by atoms with E-state index in [1.54, 1.807) is 10.7 Å². The van der Waals surface area contributed by atoms with E-state index < -0.39 is 11.8 Å². The highest BCUT2D eigenvalue weighted by atomic mass is 19.1. The van der Waals surface area contributed by atoms with Crippen molar-refractivity contribution >= 4 is 17.2 Å². The molecule has 1 saturated carbocycles.